The first-order valence-electron chi connectivity index (χ1n) is 7.88. The summed E-state index contributed by atoms with van der Waals surface area (Å²) < 4.78 is 15.7. The van der Waals surface area contributed by atoms with Gasteiger partial charge in [0.05, 0.1) is 12.9 Å². The maximum atomic E-state index is 14.0. The largest absolute Gasteiger partial charge is 0.347 e. The highest BCUT2D eigenvalue weighted by Crippen LogP contribution is 2.13. The van der Waals surface area contributed by atoms with Crippen molar-refractivity contribution in [3.05, 3.63) is 53.9 Å². The summed E-state index contributed by atoms with van der Waals surface area (Å²) in [6.45, 7) is 0.625. The molecule has 8 heteroatoms. The lowest BCUT2D eigenvalue weighted by Gasteiger charge is -2.19. The monoisotopic (exact) mass is 343 g/mol. The van der Waals surface area contributed by atoms with Gasteiger partial charge in [-0.15, -0.1) is 0 Å². The van der Waals surface area contributed by atoms with Crippen molar-refractivity contribution < 1.29 is 14.0 Å². The topological polar surface area (TPSA) is 79.6 Å². The van der Waals surface area contributed by atoms with Gasteiger partial charge in [-0.1, -0.05) is 6.07 Å². The Bertz CT molecular complexity index is 816. The van der Waals surface area contributed by atoms with Crippen LogP contribution in [0, 0.1) is 5.82 Å². The molecule has 1 aromatic heterocycles. The first kappa shape index (κ1) is 16.8. The van der Waals surface area contributed by atoms with Crippen LogP contribution < -0.4 is 5.32 Å². The van der Waals surface area contributed by atoms with Gasteiger partial charge in [-0.05, 0) is 17.7 Å². The number of hydrogen-bond donors (Lipinski definition) is 1. The normalized spacial score (nSPS) is 14.4. The predicted octanol–water partition coefficient (Wildman–Crippen LogP) is 1.29. The van der Waals surface area contributed by atoms with Crippen LogP contribution in [0.25, 0.3) is 0 Å². The summed E-state index contributed by atoms with van der Waals surface area (Å²) in [6.07, 6.45) is 5.60. The number of benzene rings is 1. The highest BCUT2D eigenvalue weighted by atomic mass is 19.1. The smallest absolute Gasteiger partial charge is 0.267 e. The van der Waals surface area contributed by atoms with Crippen molar-refractivity contribution >= 4 is 17.5 Å². The van der Waals surface area contributed by atoms with E-state index in [1.54, 1.807) is 35.4 Å². The summed E-state index contributed by atoms with van der Waals surface area (Å²) in [5.74, 6) is -0.736. The summed E-state index contributed by atoms with van der Waals surface area (Å²) in [5, 5.41) is 7.92. The summed E-state index contributed by atoms with van der Waals surface area (Å²) in [5.41, 5.74) is 1.62. The van der Waals surface area contributed by atoms with E-state index in [2.05, 4.69) is 15.4 Å². The molecule has 0 bridgehead atoms. The van der Waals surface area contributed by atoms with Crippen LogP contribution in [0.5, 0.6) is 0 Å². The summed E-state index contributed by atoms with van der Waals surface area (Å²) in [4.78, 5) is 27.5. The van der Waals surface area contributed by atoms with Gasteiger partial charge in [-0.2, -0.15) is 5.10 Å². The fraction of sp³-hybridized carbons (Fsp3) is 0.294. The fourth-order valence-electron chi connectivity index (χ4n) is 2.55. The molecule has 0 saturated heterocycles. The predicted molar refractivity (Wildman–Crippen MR) is 89.0 cm³/mol. The lowest BCUT2D eigenvalue weighted by Crippen LogP contribution is -2.37. The molecule has 2 heterocycles. The number of hydrazone groups is 1. The van der Waals surface area contributed by atoms with E-state index < -0.39 is 0 Å². The highest BCUT2D eigenvalue weighted by Gasteiger charge is 2.21. The van der Waals surface area contributed by atoms with Gasteiger partial charge in [-0.25, -0.2) is 14.4 Å². The Morgan fingerprint density at radius 3 is 2.92 bits per heavy atom. The second-order valence-corrected chi connectivity index (χ2v) is 5.81. The van der Waals surface area contributed by atoms with Gasteiger partial charge in [0.15, 0.2) is 0 Å². The Balaban J connectivity index is 1.64. The van der Waals surface area contributed by atoms with Crippen molar-refractivity contribution in [2.75, 3.05) is 7.05 Å². The average molecular weight is 343 g/mol. The lowest BCUT2D eigenvalue weighted by molar-refractivity contribution is -0.130. The van der Waals surface area contributed by atoms with Crippen LogP contribution in [0.4, 0.5) is 4.39 Å². The second kappa shape index (κ2) is 7.25. The minimum absolute atomic E-state index is 0.112. The number of amides is 2. The van der Waals surface area contributed by atoms with Crippen molar-refractivity contribution in [3.8, 4) is 0 Å². The molecule has 3 rings (SSSR count). The minimum Gasteiger partial charge on any atom is -0.347 e. The molecule has 0 aliphatic carbocycles. The molecule has 0 atom stereocenters. The number of nitrogens with zero attached hydrogens (tertiary/aromatic N) is 4. The van der Waals surface area contributed by atoms with Crippen molar-refractivity contribution in [1.29, 1.82) is 0 Å². The van der Waals surface area contributed by atoms with Crippen LogP contribution in [0.3, 0.4) is 0 Å². The molecule has 0 saturated carbocycles. The van der Waals surface area contributed by atoms with E-state index >= 15 is 0 Å². The van der Waals surface area contributed by atoms with Gasteiger partial charge < -0.3 is 9.88 Å². The van der Waals surface area contributed by atoms with Crippen molar-refractivity contribution in [2.24, 2.45) is 5.10 Å². The Labute approximate surface area is 144 Å². The Hall–Kier alpha value is -3.03. The Morgan fingerprint density at radius 2 is 2.20 bits per heavy atom. The quantitative estimate of drug-likeness (QED) is 0.888. The van der Waals surface area contributed by atoms with E-state index in [4.69, 9.17) is 0 Å². The lowest BCUT2D eigenvalue weighted by atomic mass is 10.1. The van der Waals surface area contributed by atoms with Gasteiger partial charge in [0, 0.05) is 44.4 Å². The zero-order valence-corrected chi connectivity index (χ0v) is 13.8. The first-order valence-corrected chi connectivity index (χ1v) is 7.88. The summed E-state index contributed by atoms with van der Waals surface area (Å²) in [6, 6.07) is 4.73. The molecule has 1 N–H and O–H groups in total. The molecule has 2 amide bonds. The molecule has 0 unspecified atom stereocenters. The van der Waals surface area contributed by atoms with Crippen LogP contribution in [0.15, 0.2) is 42.0 Å². The fourth-order valence-corrected chi connectivity index (χ4v) is 2.55. The maximum Gasteiger partial charge on any atom is 0.267 e. The zero-order chi connectivity index (χ0) is 17.8. The number of halogens is 1. The molecule has 1 aliphatic heterocycles. The molecule has 25 heavy (non-hydrogen) atoms. The van der Waals surface area contributed by atoms with Crippen LogP contribution in [0.2, 0.25) is 0 Å². The molecule has 7 nitrogen and oxygen atoms in total. The molecule has 1 aliphatic rings. The Morgan fingerprint density at radius 1 is 1.36 bits per heavy atom. The van der Waals surface area contributed by atoms with Gasteiger partial charge in [-0.3, -0.25) is 9.59 Å². The van der Waals surface area contributed by atoms with Gasteiger partial charge in [0.1, 0.15) is 11.5 Å². The van der Waals surface area contributed by atoms with Gasteiger partial charge in [0.2, 0.25) is 5.91 Å². The number of imidazole rings is 1. The standard InChI is InChI=1S/C17H18FN5O2/c1-22-16(24)5-4-15(21-22)17(25)20-9-12-2-3-14(18)13(8-12)10-23-7-6-19-11-23/h2-3,6-8,11H,4-5,9-10H2,1H3,(H,20,25). The molecular formula is C17H18FN5O2. The average Bonchev–Trinajstić information content (AvgIpc) is 3.11. The molecule has 0 radical (unpaired) electrons. The second-order valence-electron chi connectivity index (χ2n) is 5.81. The van der Waals surface area contributed by atoms with Crippen molar-refractivity contribution in [2.45, 2.75) is 25.9 Å². The van der Waals surface area contributed by atoms with E-state index in [0.717, 1.165) is 5.56 Å². The number of hydrogen-bond acceptors (Lipinski definition) is 4. The number of nitrogens with one attached hydrogen (secondary N) is 1. The first-order chi connectivity index (χ1) is 12.0. The molecule has 0 spiro atoms. The van der Waals surface area contributed by atoms with E-state index in [-0.39, 0.29) is 30.6 Å². The third-order valence-electron chi connectivity index (χ3n) is 3.94. The molecule has 130 valence electrons. The SMILES string of the molecule is CN1N=C(C(=O)NCc2ccc(F)c(Cn3ccnc3)c2)CCC1=O. The number of rotatable bonds is 5. The number of carbonyl (C=O) groups is 2. The van der Waals surface area contributed by atoms with Crippen LogP contribution in [-0.4, -0.2) is 39.1 Å². The minimum atomic E-state index is -0.320. The van der Waals surface area contributed by atoms with Crippen LogP contribution in [-0.2, 0) is 22.7 Å². The van der Waals surface area contributed by atoms with E-state index in [1.807, 2.05) is 0 Å². The summed E-state index contributed by atoms with van der Waals surface area (Å²) >= 11 is 0. The molecule has 2 aromatic rings. The third-order valence-corrected chi connectivity index (χ3v) is 3.94. The van der Waals surface area contributed by atoms with Gasteiger partial charge in [0.25, 0.3) is 5.91 Å². The summed E-state index contributed by atoms with van der Waals surface area (Å²) in [7, 11) is 1.52. The molecule has 0 fully saturated rings. The van der Waals surface area contributed by atoms with Crippen molar-refractivity contribution in [1.82, 2.24) is 19.9 Å². The van der Waals surface area contributed by atoms with Crippen LogP contribution >= 0.6 is 0 Å². The highest BCUT2D eigenvalue weighted by molar-refractivity contribution is 6.39. The maximum absolute atomic E-state index is 14.0. The van der Waals surface area contributed by atoms with E-state index in [1.165, 1.54) is 18.1 Å². The Kier molecular flexibility index (Phi) is 4.87. The van der Waals surface area contributed by atoms with E-state index in [9.17, 15) is 14.0 Å². The van der Waals surface area contributed by atoms with Crippen molar-refractivity contribution in [3.63, 3.8) is 0 Å². The molecule has 1 aromatic carbocycles. The number of carbonyl (C=O) groups excluding carboxylic acids is 2. The van der Waals surface area contributed by atoms with Crippen LogP contribution in [0.1, 0.15) is 24.0 Å². The molecular weight excluding hydrogens is 325 g/mol. The zero-order valence-electron chi connectivity index (χ0n) is 13.8. The third kappa shape index (κ3) is 4.09. The van der Waals surface area contributed by atoms with Gasteiger partial charge >= 0.3 is 0 Å². The number of aromatic nitrogens is 2. The van der Waals surface area contributed by atoms with E-state index in [0.29, 0.717) is 24.2 Å².